The van der Waals surface area contributed by atoms with Crippen molar-refractivity contribution in [1.29, 1.82) is 0 Å². The molecule has 0 aromatic heterocycles. The van der Waals surface area contributed by atoms with E-state index in [4.69, 9.17) is 28.4 Å². The Labute approximate surface area is 221 Å². The van der Waals surface area contributed by atoms with Crippen LogP contribution in [0.4, 0.5) is 0 Å². The van der Waals surface area contributed by atoms with E-state index in [-0.39, 0.29) is 102 Å². The lowest BCUT2D eigenvalue weighted by molar-refractivity contribution is 0.0165. The van der Waals surface area contributed by atoms with Crippen LogP contribution in [-0.2, 0) is 28.4 Å². The number of hydrogen-bond donors (Lipinski definition) is 0. The monoisotopic (exact) mass is 528 g/mol. The minimum Gasteiger partial charge on any atom is -0.377 e. The fraction of sp³-hybridized carbons (Fsp3) is 0.429. The summed E-state index contributed by atoms with van der Waals surface area (Å²) in [6, 6.07) is 12.6. The van der Waals surface area contributed by atoms with E-state index in [1.807, 2.05) is 0 Å². The van der Waals surface area contributed by atoms with Gasteiger partial charge in [-0.25, -0.2) is 0 Å². The molecular weight excluding hydrogens is 496 g/mol. The van der Waals surface area contributed by atoms with Gasteiger partial charge in [-0.3, -0.25) is 19.2 Å². The Morgan fingerprint density at radius 1 is 0.316 bits per heavy atom. The van der Waals surface area contributed by atoms with Gasteiger partial charge in [0.05, 0.1) is 52.9 Å². The van der Waals surface area contributed by atoms with E-state index >= 15 is 0 Å². The Hall–Kier alpha value is -3.12. The Balaban J connectivity index is 1.48. The Bertz CT molecular complexity index is 879. The highest BCUT2D eigenvalue weighted by molar-refractivity contribution is 6.01. The SMILES string of the molecule is O=C1COCCOCCOCC(=O)c2ccc(cc2)C(=O)COCCOCCOCC(=O)c2ccc1cc2. The summed E-state index contributed by atoms with van der Waals surface area (Å²) in [7, 11) is 0. The lowest BCUT2D eigenvalue weighted by Crippen LogP contribution is -2.17. The molecule has 4 bridgehead atoms. The number of Topliss-reactive ketones (excluding diaryl/α,β-unsaturated/α-hetero) is 4. The first-order chi connectivity index (χ1) is 18.5. The van der Waals surface area contributed by atoms with Crippen molar-refractivity contribution >= 4 is 23.1 Å². The maximum atomic E-state index is 12.3. The molecule has 0 N–H and O–H groups in total. The molecule has 10 nitrogen and oxygen atoms in total. The number of carbonyl (C=O) groups is 4. The highest BCUT2D eigenvalue weighted by Crippen LogP contribution is 2.08. The third kappa shape index (κ3) is 10.3. The molecule has 204 valence electrons. The third-order valence-corrected chi connectivity index (χ3v) is 5.48. The van der Waals surface area contributed by atoms with Crippen molar-refractivity contribution in [2.24, 2.45) is 0 Å². The molecule has 2 aromatic carbocycles. The molecule has 4 aliphatic rings. The Morgan fingerprint density at radius 3 is 0.711 bits per heavy atom. The van der Waals surface area contributed by atoms with E-state index in [1.165, 1.54) is 0 Å². The summed E-state index contributed by atoms with van der Waals surface area (Å²) < 4.78 is 32.2. The summed E-state index contributed by atoms with van der Waals surface area (Å²) in [5.41, 5.74) is 1.75. The first kappa shape index (κ1) is 29.4. The molecule has 0 aliphatic carbocycles. The summed E-state index contributed by atoms with van der Waals surface area (Å²) >= 11 is 0. The van der Waals surface area contributed by atoms with Gasteiger partial charge in [-0.1, -0.05) is 48.5 Å². The van der Waals surface area contributed by atoms with Crippen molar-refractivity contribution in [2.45, 2.75) is 0 Å². The second-order valence-electron chi connectivity index (χ2n) is 8.28. The van der Waals surface area contributed by atoms with Gasteiger partial charge in [0.15, 0.2) is 23.1 Å². The quantitative estimate of drug-likeness (QED) is 0.503. The number of ketones is 4. The summed E-state index contributed by atoms with van der Waals surface area (Å²) in [6.45, 7) is 1.50. The van der Waals surface area contributed by atoms with Gasteiger partial charge in [-0.05, 0) is 0 Å². The standard InChI is InChI=1S/C28H32O10/c29-25-17-35-13-9-33-11-15-37-19-27(31)23-5-7-24(8-6-23)28(32)20-38-16-12-34-10-14-36-18-26(30)22-2-1-21(25)3-4-22/h1-8H,9-20H2. The maximum absolute atomic E-state index is 12.3. The average Bonchev–Trinajstić information content (AvgIpc) is 2.94. The van der Waals surface area contributed by atoms with E-state index in [0.717, 1.165) is 0 Å². The Kier molecular flexibility index (Phi) is 12.9. The minimum absolute atomic E-state index is 0.111. The fourth-order valence-corrected chi connectivity index (χ4v) is 3.35. The van der Waals surface area contributed by atoms with Crippen LogP contribution in [0.2, 0.25) is 0 Å². The van der Waals surface area contributed by atoms with E-state index < -0.39 is 0 Å². The molecule has 0 spiro atoms. The van der Waals surface area contributed by atoms with Crippen LogP contribution in [-0.4, -0.2) is 102 Å². The van der Waals surface area contributed by atoms with Gasteiger partial charge in [0.25, 0.3) is 0 Å². The van der Waals surface area contributed by atoms with Crippen LogP contribution >= 0.6 is 0 Å². The van der Waals surface area contributed by atoms with Gasteiger partial charge < -0.3 is 28.4 Å². The summed E-state index contributed by atoms with van der Waals surface area (Å²) in [5, 5.41) is 0. The molecule has 0 saturated carbocycles. The molecule has 0 amide bonds. The van der Waals surface area contributed by atoms with Crippen molar-refractivity contribution in [3.63, 3.8) is 0 Å². The molecule has 38 heavy (non-hydrogen) atoms. The number of ether oxygens (including phenoxy) is 6. The maximum Gasteiger partial charge on any atom is 0.188 e. The zero-order valence-electron chi connectivity index (χ0n) is 21.2. The predicted molar refractivity (Wildman–Crippen MR) is 135 cm³/mol. The van der Waals surface area contributed by atoms with Gasteiger partial charge in [-0.15, -0.1) is 0 Å². The molecule has 10 heteroatoms. The van der Waals surface area contributed by atoms with Crippen LogP contribution in [0.1, 0.15) is 41.4 Å². The number of carbonyl (C=O) groups excluding carboxylic acids is 4. The first-order valence-corrected chi connectivity index (χ1v) is 12.3. The van der Waals surface area contributed by atoms with Gasteiger partial charge in [-0.2, -0.15) is 0 Å². The predicted octanol–water partition coefficient (Wildman–Crippen LogP) is 2.23. The molecule has 0 radical (unpaired) electrons. The van der Waals surface area contributed by atoms with Crippen LogP contribution in [0.25, 0.3) is 0 Å². The van der Waals surface area contributed by atoms with Crippen LogP contribution in [0.15, 0.2) is 48.5 Å². The number of rotatable bonds is 0. The molecule has 6 rings (SSSR count). The van der Waals surface area contributed by atoms with Gasteiger partial charge >= 0.3 is 0 Å². The van der Waals surface area contributed by atoms with Crippen LogP contribution in [0.5, 0.6) is 0 Å². The Morgan fingerprint density at radius 2 is 0.500 bits per heavy atom. The molecule has 0 saturated heterocycles. The molecule has 0 unspecified atom stereocenters. The van der Waals surface area contributed by atoms with E-state index in [1.54, 1.807) is 48.5 Å². The van der Waals surface area contributed by atoms with E-state index in [9.17, 15) is 19.2 Å². The van der Waals surface area contributed by atoms with Gasteiger partial charge in [0.2, 0.25) is 0 Å². The molecule has 4 heterocycles. The van der Waals surface area contributed by atoms with Crippen LogP contribution < -0.4 is 0 Å². The minimum atomic E-state index is -0.208. The lowest BCUT2D eigenvalue weighted by atomic mass is 10.1. The highest BCUT2D eigenvalue weighted by Gasteiger charge is 2.11. The molecular formula is C28H32O10. The van der Waals surface area contributed by atoms with Crippen molar-refractivity contribution in [1.82, 2.24) is 0 Å². The average molecular weight is 529 g/mol. The second-order valence-corrected chi connectivity index (χ2v) is 8.28. The third-order valence-electron chi connectivity index (χ3n) is 5.48. The van der Waals surface area contributed by atoms with Crippen molar-refractivity contribution < 1.29 is 47.6 Å². The normalized spacial score (nSPS) is 18.9. The van der Waals surface area contributed by atoms with E-state index in [2.05, 4.69) is 0 Å². The van der Waals surface area contributed by atoms with Gasteiger partial charge in [0, 0.05) is 22.3 Å². The topological polar surface area (TPSA) is 124 Å². The molecule has 0 fully saturated rings. The largest absolute Gasteiger partial charge is 0.377 e. The second kappa shape index (κ2) is 16.7. The van der Waals surface area contributed by atoms with Crippen molar-refractivity contribution in [2.75, 3.05) is 79.3 Å². The molecule has 4 aliphatic heterocycles. The summed E-state index contributed by atoms with van der Waals surface area (Å²) in [5.74, 6) is -0.832. The fourth-order valence-electron chi connectivity index (χ4n) is 3.35. The van der Waals surface area contributed by atoms with Gasteiger partial charge in [0.1, 0.15) is 26.4 Å². The van der Waals surface area contributed by atoms with Crippen LogP contribution in [0, 0.1) is 0 Å². The first-order valence-electron chi connectivity index (χ1n) is 12.3. The summed E-state index contributed by atoms with van der Waals surface area (Å²) in [4.78, 5) is 49.1. The zero-order valence-corrected chi connectivity index (χ0v) is 21.2. The molecule has 2 aromatic rings. The lowest BCUT2D eigenvalue weighted by Gasteiger charge is -2.08. The summed E-state index contributed by atoms with van der Waals surface area (Å²) in [6.07, 6.45) is 0. The number of hydrogen-bond acceptors (Lipinski definition) is 10. The van der Waals surface area contributed by atoms with Crippen molar-refractivity contribution in [3.05, 3.63) is 70.8 Å². The van der Waals surface area contributed by atoms with Crippen LogP contribution in [0.3, 0.4) is 0 Å². The van der Waals surface area contributed by atoms with Crippen molar-refractivity contribution in [3.8, 4) is 0 Å². The molecule has 0 atom stereocenters. The van der Waals surface area contributed by atoms with E-state index in [0.29, 0.717) is 22.3 Å². The zero-order chi connectivity index (χ0) is 27.0. The number of benzene rings is 2. The smallest absolute Gasteiger partial charge is 0.188 e. The highest BCUT2D eigenvalue weighted by atomic mass is 16.6.